The fourth-order valence-corrected chi connectivity index (χ4v) is 3.08. The second-order valence-corrected chi connectivity index (χ2v) is 6.52. The minimum Gasteiger partial charge on any atom is -0.366 e. The summed E-state index contributed by atoms with van der Waals surface area (Å²) in [7, 11) is 0. The van der Waals surface area contributed by atoms with Gasteiger partial charge < -0.3 is 10.7 Å². The number of pyridine rings is 1. The van der Waals surface area contributed by atoms with Gasteiger partial charge in [-0.1, -0.05) is 12.1 Å². The molecule has 3 N–H and O–H groups in total. The number of fused-ring (bicyclic) bond motifs is 1. The number of benzene rings is 2. The molecule has 4 rings (SSSR count). The third kappa shape index (κ3) is 3.53. The van der Waals surface area contributed by atoms with Gasteiger partial charge in [0.25, 0.3) is 0 Å². The summed E-state index contributed by atoms with van der Waals surface area (Å²) in [6, 6.07) is 16.4. The number of nitrogens with two attached hydrogens (primary N) is 1. The highest BCUT2D eigenvalue weighted by Crippen LogP contribution is 2.24. The number of aromatic nitrogens is 2. The summed E-state index contributed by atoms with van der Waals surface area (Å²) in [5.41, 5.74) is 9.11. The van der Waals surface area contributed by atoms with Gasteiger partial charge >= 0.3 is 0 Å². The van der Waals surface area contributed by atoms with E-state index in [9.17, 15) is 14.0 Å². The van der Waals surface area contributed by atoms with E-state index in [-0.39, 0.29) is 18.0 Å². The molecule has 5 nitrogen and oxygen atoms in total. The van der Waals surface area contributed by atoms with Crippen molar-refractivity contribution in [2.45, 2.75) is 6.42 Å². The van der Waals surface area contributed by atoms with Gasteiger partial charge in [0.15, 0.2) is 5.78 Å². The predicted octanol–water partition coefficient (Wildman–Crippen LogP) is 3.89. The Labute approximate surface area is 160 Å². The van der Waals surface area contributed by atoms with Crippen LogP contribution >= 0.6 is 0 Å². The second-order valence-electron chi connectivity index (χ2n) is 6.52. The molecule has 1 amide bonds. The molecule has 0 aliphatic carbocycles. The van der Waals surface area contributed by atoms with E-state index in [1.165, 1.54) is 18.2 Å². The highest BCUT2D eigenvalue weighted by atomic mass is 19.1. The van der Waals surface area contributed by atoms with Crippen molar-refractivity contribution in [3.8, 4) is 11.3 Å². The summed E-state index contributed by atoms with van der Waals surface area (Å²) in [4.78, 5) is 31.4. The number of nitrogens with zero attached hydrogens (tertiary/aromatic N) is 1. The summed E-state index contributed by atoms with van der Waals surface area (Å²) in [5, 5.41) is 0.857. The number of hydrogen-bond donors (Lipinski definition) is 2. The lowest BCUT2D eigenvalue weighted by molar-refractivity contribution is 0.0992. The van der Waals surface area contributed by atoms with E-state index in [4.69, 9.17) is 5.73 Å². The van der Waals surface area contributed by atoms with Gasteiger partial charge in [0, 0.05) is 34.8 Å². The number of aromatic amines is 1. The van der Waals surface area contributed by atoms with Crippen LogP contribution in [0, 0.1) is 5.82 Å². The number of carbonyl (C=O) groups excluding carboxylic acids is 2. The molecule has 6 heteroatoms. The molecule has 2 heterocycles. The van der Waals surface area contributed by atoms with Crippen molar-refractivity contribution in [2.75, 3.05) is 0 Å². The molecule has 0 saturated heterocycles. The minimum absolute atomic E-state index is 0.126. The van der Waals surface area contributed by atoms with Gasteiger partial charge in [-0.3, -0.25) is 9.59 Å². The first-order valence-electron chi connectivity index (χ1n) is 8.66. The zero-order valence-electron chi connectivity index (χ0n) is 14.8. The average molecular weight is 373 g/mol. The number of halogens is 1. The highest BCUT2D eigenvalue weighted by Gasteiger charge is 2.12. The maximum atomic E-state index is 13.1. The molecule has 0 bridgehead atoms. The summed E-state index contributed by atoms with van der Waals surface area (Å²) < 4.78 is 13.1. The highest BCUT2D eigenvalue weighted by molar-refractivity contribution is 6.01. The number of primary amides is 1. The number of ketones is 1. The maximum absolute atomic E-state index is 13.1. The summed E-state index contributed by atoms with van der Waals surface area (Å²) in [6.07, 6.45) is 1.80. The van der Waals surface area contributed by atoms with E-state index >= 15 is 0 Å². The monoisotopic (exact) mass is 373 g/mol. The Kier molecular flexibility index (Phi) is 4.45. The molecular weight excluding hydrogens is 357 g/mol. The average Bonchev–Trinajstić information content (AvgIpc) is 3.12. The van der Waals surface area contributed by atoms with Crippen molar-refractivity contribution in [1.82, 2.24) is 9.97 Å². The van der Waals surface area contributed by atoms with E-state index in [2.05, 4.69) is 9.97 Å². The molecule has 0 unspecified atom stereocenters. The zero-order chi connectivity index (χ0) is 19.7. The number of Topliss-reactive ketones (excluding diaryl/α,β-unsaturated/α-hetero) is 1. The quantitative estimate of drug-likeness (QED) is 0.520. The number of nitrogens with one attached hydrogen (secondary N) is 1. The second kappa shape index (κ2) is 7.08. The standard InChI is InChI=1S/C22H16FN3O2/c23-18-6-4-14(5-7-18)19-11-17-8-13(12-25-22(17)26-19)9-20(27)15-2-1-3-16(10-15)21(24)28/h1-8,10-12H,9H2,(H2,24,28)(H,25,26). The molecule has 28 heavy (non-hydrogen) atoms. The lowest BCUT2D eigenvalue weighted by Gasteiger charge is -2.03. The van der Waals surface area contributed by atoms with Crippen LogP contribution in [0.4, 0.5) is 4.39 Å². The van der Waals surface area contributed by atoms with Gasteiger partial charge in [-0.25, -0.2) is 9.37 Å². The molecule has 0 saturated carbocycles. The summed E-state index contributed by atoms with van der Waals surface area (Å²) in [5.74, 6) is -0.990. The molecule has 0 aliphatic heterocycles. The molecule has 0 spiro atoms. The Bertz CT molecular complexity index is 1200. The van der Waals surface area contributed by atoms with Crippen molar-refractivity contribution in [3.05, 3.63) is 89.4 Å². The van der Waals surface area contributed by atoms with Crippen molar-refractivity contribution < 1.29 is 14.0 Å². The number of carbonyl (C=O) groups is 2. The van der Waals surface area contributed by atoms with Crippen LogP contribution in [0.2, 0.25) is 0 Å². The first kappa shape index (κ1) is 17.6. The van der Waals surface area contributed by atoms with Gasteiger partial charge in [-0.05, 0) is 59.7 Å². The number of H-pyrrole nitrogens is 1. The Balaban J connectivity index is 1.59. The van der Waals surface area contributed by atoms with E-state index in [1.54, 1.807) is 36.5 Å². The largest absolute Gasteiger partial charge is 0.366 e. The van der Waals surface area contributed by atoms with Gasteiger partial charge in [0.1, 0.15) is 11.5 Å². The molecule has 0 atom stereocenters. The molecule has 0 radical (unpaired) electrons. The van der Waals surface area contributed by atoms with Crippen LogP contribution in [-0.2, 0) is 6.42 Å². The molecule has 2 aromatic heterocycles. The number of hydrogen-bond acceptors (Lipinski definition) is 3. The van der Waals surface area contributed by atoms with Crippen LogP contribution in [-0.4, -0.2) is 21.7 Å². The smallest absolute Gasteiger partial charge is 0.248 e. The lowest BCUT2D eigenvalue weighted by atomic mass is 10.0. The minimum atomic E-state index is -0.571. The number of rotatable bonds is 5. The Morgan fingerprint density at radius 1 is 1.00 bits per heavy atom. The van der Waals surface area contributed by atoms with Gasteiger partial charge in [0.2, 0.25) is 5.91 Å². The van der Waals surface area contributed by atoms with Crippen molar-refractivity contribution >= 4 is 22.7 Å². The summed E-state index contributed by atoms with van der Waals surface area (Å²) >= 11 is 0. The molecule has 2 aromatic carbocycles. The Hall–Kier alpha value is -3.80. The van der Waals surface area contributed by atoms with Crippen LogP contribution in [0.5, 0.6) is 0 Å². The maximum Gasteiger partial charge on any atom is 0.248 e. The van der Waals surface area contributed by atoms with Crippen LogP contribution < -0.4 is 5.73 Å². The SMILES string of the molecule is NC(=O)c1cccc(C(=O)Cc2cnc3[nH]c(-c4ccc(F)cc4)cc3c2)c1. The van der Waals surface area contributed by atoms with Crippen molar-refractivity contribution in [2.24, 2.45) is 5.73 Å². The van der Waals surface area contributed by atoms with Crippen molar-refractivity contribution in [1.29, 1.82) is 0 Å². The zero-order valence-corrected chi connectivity index (χ0v) is 14.8. The topological polar surface area (TPSA) is 88.8 Å². The van der Waals surface area contributed by atoms with Crippen LogP contribution in [0.25, 0.3) is 22.3 Å². The van der Waals surface area contributed by atoms with Crippen LogP contribution in [0.1, 0.15) is 26.3 Å². The fourth-order valence-electron chi connectivity index (χ4n) is 3.08. The van der Waals surface area contributed by atoms with E-state index in [0.717, 1.165) is 22.2 Å². The number of amides is 1. The van der Waals surface area contributed by atoms with Gasteiger partial charge in [-0.2, -0.15) is 0 Å². The molecule has 0 fully saturated rings. The molecule has 0 aliphatic rings. The summed E-state index contributed by atoms with van der Waals surface area (Å²) in [6.45, 7) is 0. The fraction of sp³-hybridized carbons (Fsp3) is 0.0455. The van der Waals surface area contributed by atoms with Gasteiger partial charge in [0.05, 0.1) is 0 Å². The van der Waals surface area contributed by atoms with Gasteiger partial charge in [-0.15, -0.1) is 0 Å². The lowest BCUT2D eigenvalue weighted by Crippen LogP contribution is -2.12. The Morgan fingerprint density at radius 3 is 2.50 bits per heavy atom. The predicted molar refractivity (Wildman–Crippen MR) is 104 cm³/mol. The first-order chi connectivity index (χ1) is 13.5. The Morgan fingerprint density at radius 2 is 1.75 bits per heavy atom. The molecule has 4 aromatic rings. The molecular formula is C22H16FN3O2. The van der Waals surface area contributed by atoms with E-state index < -0.39 is 5.91 Å². The first-order valence-corrected chi connectivity index (χ1v) is 8.66. The van der Waals surface area contributed by atoms with Crippen LogP contribution in [0.3, 0.4) is 0 Å². The third-order valence-corrected chi connectivity index (χ3v) is 4.52. The third-order valence-electron chi connectivity index (χ3n) is 4.52. The van der Waals surface area contributed by atoms with Crippen LogP contribution in [0.15, 0.2) is 66.9 Å². The van der Waals surface area contributed by atoms with Crippen molar-refractivity contribution in [3.63, 3.8) is 0 Å². The van der Waals surface area contributed by atoms with E-state index in [0.29, 0.717) is 16.8 Å². The van der Waals surface area contributed by atoms with E-state index in [1.807, 2.05) is 12.1 Å². The normalized spacial score (nSPS) is 10.9. The molecule has 138 valence electrons.